The van der Waals surface area contributed by atoms with E-state index in [0.717, 1.165) is 12.8 Å². The second kappa shape index (κ2) is 8.09. The van der Waals surface area contributed by atoms with Gasteiger partial charge in [0.15, 0.2) is 6.71 Å². The number of allylic oxidation sites excluding steroid dienone is 6. The van der Waals surface area contributed by atoms with Crippen LogP contribution in [0, 0.1) is 0 Å². The lowest BCUT2D eigenvalue weighted by Crippen LogP contribution is -2.37. The number of hydrogen-bond acceptors (Lipinski definition) is 0. The van der Waals surface area contributed by atoms with E-state index in [4.69, 9.17) is 0 Å². The lowest BCUT2D eigenvalue weighted by atomic mass is 9.44. The van der Waals surface area contributed by atoms with Gasteiger partial charge in [0.25, 0.3) is 0 Å². The molecule has 2 rings (SSSR count). The van der Waals surface area contributed by atoms with Crippen molar-refractivity contribution in [2.24, 2.45) is 0 Å². The minimum absolute atomic E-state index is 0.0245. The molecule has 0 spiro atoms. The fraction of sp³-hybridized carbons (Fsp3) is 0.462. The van der Waals surface area contributed by atoms with E-state index in [1.807, 2.05) is 6.08 Å². The van der Waals surface area contributed by atoms with Gasteiger partial charge in [0.2, 0.25) is 0 Å². The molecule has 27 heavy (non-hydrogen) atoms. The molecule has 1 heteroatoms. The van der Waals surface area contributed by atoms with Crippen LogP contribution in [0.4, 0.5) is 0 Å². The molecule has 0 aromatic heterocycles. The third kappa shape index (κ3) is 3.54. The van der Waals surface area contributed by atoms with Gasteiger partial charge in [-0.15, -0.1) is 5.98 Å². The van der Waals surface area contributed by atoms with E-state index in [9.17, 15) is 0 Å². The summed E-state index contributed by atoms with van der Waals surface area (Å²) in [5.74, 6) is 2.33. The molecule has 1 aromatic rings. The first kappa shape index (κ1) is 21.5. The van der Waals surface area contributed by atoms with Gasteiger partial charge in [-0.3, -0.25) is 0 Å². The molecule has 0 atom stereocenters. The van der Waals surface area contributed by atoms with Crippen molar-refractivity contribution in [1.82, 2.24) is 0 Å². The van der Waals surface area contributed by atoms with Crippen LogP contribution in [0.1, 0.15) is 78.0 Å². The Kier molecular flexibility index (Phi) is 6.45. The second-order valence-corrected chi connectivity index (χ2v) is 8.71. The molecular weight excluding hydrogens is 323 g/mol. The number of benzene rings is 1. The van der Waals surface area contributed by atoms with Gasteiger partial charge in [0.05, 0.1) is 0 Å². The predicted molar refractivity (Wildman–Crippen MR) is 125 cm³/mol. The monoisotopic (exact) mass is 360 g/mol. The van der Waals surface area contributed by atoms with Crippen molar-refractivity contribution < 1.29 is 0 Å². The molecule has 0 fully saturated rings. The van der Waals surface area contributed by atoms with Crippen molar-refractivity contribution in [3.05, 3.63) is 71.3 Å². The van der Waals surface area contributed by atoms with Crippen LogP contribution in [-0.2, 0) is 10.8 Å². The summed E-state index contributed by atoms with van der Waals surface area (Å²) in [7, 11) is 0. The highest BCUT2D eigenvalue weighted by atomic mass is 14.4. The Hall–Kier alpha value is -1.76. The van der Waals surface area contributed by atoms with Crippen LogP contribution < -0.4 is 5.46 Å². The van der Waals surface area contributed by atoms with Gasteiger partial charge >= 0.3 is 0 Å². The Bertz CT molecular complexity index is 798. The molecule has 0 N–H and O–H groups in total. The van der Waals surface area contributed by atoms with Crippen LogP contribution in [0.5, 0.6) is 0 Å². The highest BCUT2D eigenvalue weighted by molar-refractivity contribution is 6.77. The maximum atomic E-state index is 3.97. The predicted octanol–water partition coefficient (Wildman–Crippen LogP) is 7.02. The summed E-state index contributed by atoms with van der Waals surface area (Å²) < 4.78 is 0. The normalized spacial score (nSPS) is 19.1. The molecule has 0 amide bonds. The van der Waals surface area contributed by atoms with Crippen LogP contribution in [0.25, 0.3) is 5.57 Å². The van der Waals surface area contributed by atoms with Crippen LogP contribution in [-0.4, -0.2) is 6.71 Å². The zero-order valence-electron chi connectivity index (χ0n) is 18.7. The number of rotatable bonds is 6. The van der Waals surface area contributed by atoms with Crippen molar-refractivity contribution in [2.75, 3.05) is 0 Å². The zero-order chi connectivity index (χ0) is 20.4. The van der Waals surface area contributed by atoms with E-state index in [2.05, 4.69) is 98.2 Å². The Morgan fingerprint density at radius 1 is 1.15 bits per heavy atom. The van der Waals surface area contributed by atoms with Gasteiger partial charge in [-0.2, -0.15) is 0 Å². The molecule has 1 aliphatic carbocycles. The Labute approximate surface area is 168 Å². The molecule has 1 aromatic carbocycles. The minimum atomic E-state index is 0.0245. The molecule has 0 unspecified atom stereocenters. The standard InChI is InChI=1S/C26H37B/c1-10-15-19-20-17-23(26(8,13-4)14-5)24(27(9)16-11-2)18-22(20)25(6,7)21(19)12-3/h10-12,15-18H,1,13-14H2,2-9H3/b16-11-,19-15-,21-12+. The van der Waals surface area contributed by atoms with Crippen LogP contribution in [0.2, 0.25) is 6.82 Å². The molecular formula is C26H37B. The molecule has 0 saturated heterocycles. The van der Waals surface area contributed by atoms with E-state index in [1.54, 1.807) is 0 Å². The SMILES string of the molecule is C=C/C=C1\C(=C/C)C(C)(C)c2cc(B(C)/C=C\C)c(C(C)(CC)CC)cc21. The molecule has 1 aliphatic rings. The largest absolute Gasteiger partial charge is 0.197 e. The molecule has 0 bridgehead atoms. The molecule has 0 saturated carbocycles. The molecule has 0 radical (unpaired) electrons. The highest BCUT2D eigenvalue weighted by Gasteiger charge is 2.40. The van der Waals surface area contributed by atoms with Gasteiger partial charge in [-0.05, 0) is 59.9 Å². The average molecular weight is 360 g/mol. The molecule has 144 valence electrons. The number of fused-ring (bicyclic) bond motifs is 1. The smallest absolute Gasteiger partial charge is 0.114 e. The van der Waals surface area contributed by atoms with Crippen LogP contribution >= 0.6 is 0 Å². The Balaban J connectivity index is 2.92. The summed E-state index contributed by atoms with van der Waals surface area (Å²) in [4.78, 5) is 0. The zero-order valence-corrected chi connectivity index (χ0v) is 18.7. The first-order valence-electron chi connectivity index (χ1n) is 10.5. The van der Waals surface area contributed by atoms with E-state index < -0.39 is 0 Å². The number of hydrogen-bond donors (Lipinski definition) is 0. The Morgan fingerprint density at radius 3 is 2.26 bits per heavy atom. The first-order chi connectivity index (χ1) is 12.7. The van der Waals surface area contributed by atoms with E-state index in [0.29, 0.717) is 6.71 Å². The lowest BCUT2D eigenvalue weighted by molar-refractivity contribution is 0.441. The summed E-state index contributed by atoms with van der Waals surface area (Å²) in [6.07, 6.45) is 10.9. The van der Waals surface area contributed by atoms with Crippen molar-refractivity contribution in [3.8, 4) is 0 Å². The van der Waals surface area contributed by atoms with Gasteiger partial charge in [-0.25, -0.2) is 0 Å². The van der Waals surface area contributed by atoms with Crippen molar-refractivity contribution in [3.63, 3.8) is 0 Å². The van der Waals surface area contributed by atoms with Crippen LogP contribution in [0.3, 0.4) is 0 Å². The second-order valence-electron chi connectivity index (χ2n) is 8.71. The maximum Gasteiger partial charge on any atom is 0.197 e. The summed E-state index contributed by atoms with van der Waals surface area (Å²) >= 11 is 0. The molecule has 0 aliphatic heterocycles. The van der Waals surface area contributed by atoms with Gasteiger partial charge in [0.1, 0.15) is 0 Å². The van der Waals surface area contributed by atoms with Crippen molar-refractivity contribution in [2.45, 2.75) is 79.0 Å². The highest BCUT2D eigenvalue weighted by Crippen LogP contribution is 2.50. The third-order valence-electron chi connectivity index (χ3n) is 6.87. The lowest BCUT2D eigenvalue weighted by Gasteiger charge is -2.32. The fourth-order valence-electron chi connectivity index (χ4n) is 4.72. The summed E-state index contributed by atoms with van der Waals surface area (Å²) in [6.45, 7) is 22.8. The quantitative estimate of drug-likeness (QED) is 0.478. The summed E-state index contributed by atoms with van der Waals surface area (Å²) in [5.41, 5.74) is 8.82. The topological polar surface area (TPSA) is 0 Å². The maximum absolute atomic E-state index is 3.97. The third-order valence-corrected chi connectivity index (χ3v) is 6.87. The summed E-state index contributed by atoms with van der Waals surface area (Å²) in [5, 5.41) is 0. The molecule has 0 heterocycles. The van der Waals surface area contributed by atoms with E-state index in [1.165, 1.54) is 33.3 Å². The van der Waals surface area contributed by atoms with Crippen molar-refractivity contribution >= 4 is 17.7 Å². The van der Waals surface area contributed by atoms with Gasteiger partial charge in [-0.1, -0.05) is 89.9 Å². The Morgan fingerprint density at radius 2 is 1.78 bits per heavy atom. The average Bonchev–Trinajstić information content (AvgIpc) is 2.86. The molecule has 0 nitrogen and oxygen atoms in total. The van der Waals surface area contributed by atoms with Gasteiger partial charge < -0.3 is 0 Å². The fourth-order valence-corrected chi connectivity index (χ4v) is 4.72. The van der Waals surface area contributed by atoms with Crippen LogP contribution in [0.15, 0.2) is 54.6 Å². The van der Waals surface area contributed by atoms with E-state index in [-0.39, 0.29) is 10.8 Å². The van der Waals surface area contributed by atoms with Crippen molar-refractivity contribution in [1.29, 1.82) is 0 Å². The first-order valence-corrected chi connectivity index (χ1v) is 10.5. The summed E-state index contributed by atoms with van der Waals surface area (Å²) in [6, 6.07) is 5.01. The minimum Gasteiger partial charge on any atom is -0.114 e. The van der Waals surface area contributed by atoms with Gasteiger partial charge in [0, 0.05) is 5.41 Å². The van der Waals surface area contributed by atoms with E-state index >= 15 is 0 Å².